The lowest BCUT2D eigenvalue weighted by Gasteiger charge is -2.37. The molecule has 0 aliphatic carbocycles. The maximum absolute atomic E-state index is 13.1. The van der Waals surface area contributed by atoms with Gasteiger partial charge in [-0.05, 0) is 73.5 Å². The van der Waals surface area contributed by atoms with Gasteiger partial charge in [-0.3, -0.25) is 25.0 Å². The van der Waals surface area contributed by atoms with Gasteiger partial charge in [-0.25, -0.2) is 0 Å². The van der Waals surface area contributed by atoms with Gasteiger partial charge in [0, 0.05) is 6.07 Å². The van der Waals surface area contributed by atoms with Gasteiger partial charge in [-0.1, -0.05) is 0 Å². The molecule has 0 bridgehead atoms. The van der Waals surface area contributed by atoms with E-state index in [-0.39, 0.29) is 23.0 Å². The van der Waals surface area contributed by atoms with Crippen LogP contribution in [0.4, 0.5) is 11.4 Å². The molecule has 0 aliphatic rings. The molecule has 0 amide bonds. The number of hydrogen-bond donors (Lipinski definition) is 0. The van der Waals surface area contributed by atoms with Crippen LogP contribution < -0.4 is 18.9 Å². The van der Waals surface area contributed by atoms with Crippen LogP contribution in [0.15, 0.2) is 71.6 Å². The standard InChI is InChI=1S/C25H26N3O11PS/c1-4-37-24(29)16-26(41-23-14-5-17(27(30)31)15-22(23)28(32)33)25(40-34,38-20-10-6-18(35-2)7-11-20)39-21-12-8-19(36-3)9-13-21/h5-15H,4,16,40H2,1-3H3. The zero-order chi connectivity index (χ0) is 30.0. The van der Waals surface area contributed by atoms with Crippen molar-refractivity contribution >= 4 is 37.8 Å². The highest BCUT2D eigenvalue weighted by atomic mass is 32.2. The fourth-order valence-corrected chi connectivity index (χ4v) is 5.17. The Morgan fingerprint density at radius 2 is 1.39 bits per heavy atom. The number of hydrogen-bond acceptors (Lipinski definition) is 13. The van der Waals surface area contributed by atoms with E-state index in [0.717, 1.165) is 22.5 Å². The molecule has 16 heteroatoms. The Balaban J connectivity index is 2.16. The smallest absolute Gasteiger partial charge is 0.373 e. The number of nitro benzene ring substituents is 2. The van der Waals surface area contributed by atoms with Crippen LogP contribution in [0.2, 0.25) is 0 Å². The number of methoxy groups -OCH3 is 2. The van der Waals surface area contributed by atoms with Crippen molar-refractivity contribution in [2.24, 2.45) is 0 Å². The molecule has 1 unspecified atom stereocenters. The van der Waals surface area contributed by atoms with Crippen LogP contribution in [-0.2, 0) is 14.1 Å². The van der Waals surface area contributed by atoms with E-state index in [1.165, 1.54) is 38.5 Å². The van der Waals surface area contributed by atoms with E-state index in [1.54, 1.807) is 31.2 Å². The lowest BCUT2D eigenvalue weighted by Crippen LogP contribution is -2.52. The van der Waals surface area contributed by atoms with Gasteiger partial charge in [0.05, 0.1) is 36.7 Å². The second-order valence-electron chi connectivity index (χ2n) is 7.90. The Morgan fingerprint density at radius 3 is 1.80 bits per heavy atom. The average molecular weight is 608 g/mol. The Kier molecular flexibility index (Phi) is 10.9. The van der Waals surface area contributed by atoms with Crippen molar-refractivity contribution < 1.29 is 42.9 Å². The topological polar surface area (TPSA) is 170 Å². The molecule has 14 nitrogen and oxygen atoms in total. The van der Waals surface area contributed by atoms with E-state index in [9.17, 15) is 29.6 Å². The van der Waals surface area contributed by atoms with Crippen molar-refractivity contribution in [3.63, 3.8) is 0 Å². The Labute approximate surface area is 239 Å². The first-order valence-electron chi connectivity index (χ1n) is 11.8. The van der Waals surface area contributed by atoms with Gasteiger partial charge in [0.15, 0.2) is 8.46 Å². The molecule has 41 heavy (non-hydrogen) atoms. The summed E-state index contributed by atoms with van der Waals surface area (Å²) < 4.78 is 41.9. The number of nitro groups is 2. The largest absolute Gasteiger partial charge is 0.497 e. The van der Waals surface area contributed by atoms with Crippen LogP contribution in [0, 0.1) is 20.2 Å². The summed E-state index contributed by atoms with van der Waals surface area (Å²) in [4.78, 5) is 34.1. The predicted molar refractivity (Wildman–Crippen MR) is 149 cm³/mol. The Morgan fingerprint density at radius 1 is 0.878 bits per heavy atom. The fraction of sp³-hybridized carbons (Fsp3) is 0.240. The first kappa shape index (κ1) is 31.2. The third-order valence-electron chi connectivity index (χ3n) is 5.28. The zero-order valence-corrected chi connectivity index (χ0v) is 24.1. The minimum absolute atomic E-state index is 0.0188. The normalized spacial score (nSPS) is 11.3. The van der Waals surface area contributed by atoms with E-state index in [4.69, 9.17) is 23.7 Å². The highest BCUT2D eigenvalue weighted by Gasteiger charge is 2.45. The van der Waals surface area contributed by atoms with Gasteiger partial charge in [0.1, 0.15) is 34.4 Å². The number of esters is 1. The Bertz CT molecular complexity index is 1340. The van der Waals surface area contributed by atoms with Gasteiger partial charge >= 0.3 is 11.6 Å². The third kappa shape index (κ3) is 8.10. The zero-order valence-electron chi connectivity index (χ0n) is 22.1. The SMILES string of the molecule is CCOC(=O)CN(Sc1ccc([N+](=O)[O-])cc1[N+](=O)[O-])C(Oc1ccc(OC)cc1)(Oc1ccc(OC)cc1)[PH2]=O. The molecular formula is C25H26N3O11PS. The van der Waals surface area contributed by atoms with Gasteiger partial charge in [0.2, 0.25) is 0 Å². The summed E-state index contributed by atoms with van der Waals surface area (Å²) in [6.45, 7) is 1.00. The summed E-state index contributed by atoms with van der Waals surface area (Å²) >= 11 is 0.593. The van der Waals surface area contributed by atoms with E-state index in [0.29, 0.717) is 23.4 Å². The molecule has 3 aromatic carbocycles. The summed E-state index contributed by atoms with van der Waals surface area (Å²) in [7, 11) is 0.871. The fourth-order valence-electron chi connectivity index (χ4n) is 3.34. The van der Waals surface area contributed by atoms with E-state index >= 15 is 0 Å². The molecule has 0 N–H and O–H groups in total. The highest BCUT2D eigenvalue weighted by molar-refractivity contribution is 7.97. The monoisotopic (exact) mass is 607 g/mol. The van der Waals surface area contributed by atoms with Crippen molar-refractivity contribution in [2.45, 2.75) is 17.5 Å². The van der Waals surface area contributed by atoms with Crippen LogP contribution in [0.3, 0.4) is 0 Å². The summed E-state index contributed by atoms with van der Waals surface area (Å²) in [5.41, 5.74) is -3.35. The number of carbonyl (C=O) groups is 1. The summed E-state index contributed by atoms with van der Waals surface area (Å²) in [6, 6.07) is 15.4. The van der Waals surface area contributed by atoms with Crippen molar-refractivity contribution in [1.82, 2.24) is 4.31 Å². The molecule has 0 saturated carbocycles. The summed E-state index contributed by atoms with van der Waals surface area (Å²) in [5, 5.41) is 23.1. The number of benzene rings is 3. The number of carbonyl (C=O) groups excluding carboxylic acids is 1. The quantitative estimate of drug-likeness (QED) is 0.0570. The lowest BCUT2D eigenvalue weighted by atomic mass is 10.3. The van der Waals surface area contributed by atoms with Crippen molar-refractivity contribution in [2.75, 3.05) is 27.4 Å². The van der Waals surface area contributed by atoms with E-state index in [2.05, 4.69) is 0 Å². The first-order valence-corrected chi connectivity index (χ1v) is 13.6. The van der Waals surface area contributed by atoms with Gasteiger partial charge in [-0.15, -0.1) is 0 Å². The van der Waals surface area contributed by atoms with E-state index < -0.39 is 47.8 Å². The van der Waals surface area contributed by atoms with Crippen molar-refractivity contribution in [1.29, 1.82) is 0 Å². The van der Waals surface area contributed by atoms with Crippen LogP contribution >= 0.6 is 20.4 Å². The molecule has 0 spiro atoms. The second kappa shape index (κ2) is 14.3. The molecule has 0 aliphatic heterocycles. The molecule has 0 aromatic heterocycles. The number of non-ortho nitro benzene ring substituents is 1. The third-order valence-corrected chi connectivity index (χ3v) is 7.46. The minimum Gasteiger partial charge on any atom is -0.497 e. The average Bonchev–Trinajstić information content (AvgIpc) is 2.97. The maximum Gasteiger partial charge on any atom is 0.373 e. The molecule has 0 saturated heterocycles. The van der Waals surface area contributed by atoms with Gasteiger partial charge < -0.3 is 28.2 Å². The molecule has 0 radical (unpaired) electrons. The van der Waals surface area contributed by atoms with Crippen LogP contribution in [-0.4, -0.2) is 53.1 Å². The van der Waals surface area contributed by atoms with Crippen molar-refractivity contribution in [3.05, 3.63) is 87.0 Å². The molecule has 0 fully saturated rings. The van der Waals surface area contributed by atoms with E-state index in [1.807, 2.05) is 0 Å². The summed E-state index contributed by atoms with van der Waals surface area (Å²) in [5.74, 6) is 0.560. The first-order chi connectivity index (χ1) is 19.6. The molecule has 3 aromatic rings. The maximum atomic E-state index is 13.1. The molecule has 1 atom stereocenters. The number of rotatable bonds is 15. The second-order valence-corrected chi connectivity index (χ2v) is 9.93. The Hall–Kier alpha value is -4.33. The lowest BCUT2D eigenvalue weighted by molar-refractivity contribution is -0.396. The molecule has 218 valence electrons. The van der Waals surface area contributed by atoms with Crippen LogP contribution in [0.5, 0.6) is 23.0 Å². The van der Waals surface area contributed by atoms with Crippen LogP contribution in [0.25, 0.3) is 0 Å². The number of nitrogens with zero attached hydrogens (tertiary/aromatic N) is 3. The summed E-state index contributed by atoms with van der Waals surface area (Å²) in [6.07, 6.45) is 0. The van der Waals surface area contributed by atoms with Crippen molar-refractivity contribution in [3.8, 4) is 23.0 Å². The van der Waals surface area contributed by atoms with Crippen LogP contribution in [0.1, 0.15) is 6.92 Å². The molecular weight excluding hydrogens is 581 g/mol. The van der Waals surface area contributed by atoms with Gasteiger partial charge in [-0.2, -0.15) is 4.31 Å². The number of ether oxygens (including phenoxy) is 5. The molecule has 3 rings (SSSR count). The van der Waals surface area contributed by atoms with Gasteiger partial charge in [0.25, 0.3) is 11.4 Å². The minimum atomic E-state index is -2.21. The predicted octanol–water partition coefficient (Wildman–Crippen LogP) is 4.92. The molecule has 0 heterocycles. The highest BCUT2D eigenvalue weighted by Crippen LogP contribution is 2.43.